The van der Waals surface area contributed by atoms with E-state index in [0.717, 1.165) is 0 Å². The highest BCUT2D eigenvalue weighted by Gasteiger charge is 2.64. The van der Waals surface area contributed by atoms with Crippen molar-refractivity contribution in [3.8, 4) is 0 Å². The molecule has 0 aliphatic carbocycles. The molecule has 3 unspecified atom stereocenters. The first-order valence-corrected chi connectivity index (χ1v) is 17.9. The van der Waals surface area contributed by atoms with E-state index in [1.807, 2.05) is 6.92 Å². The average molecular weight is 602 g/mol. The van der Waals surface area contributed by atoms with Gasteiger partial charge in [0.1, 0.15) is 5.37 Å². The summed E-state index contributed by atoms with van der Waals surface area (Å²) < 4.78 is 14.8. The van der Waals surface area contributed by atoms with Gasteiger partial charge in [-0.05, 0) is 62.7 Å². The van der Waals surface area contributed by atoms with Crippen LogP contribution < -0.4 is 0 Å². The number of thioether (sulfide) groups is 1. The Morgan fingerprint density at radius 1 is 1.11 bits per heavy atom. The molecule has 0 saturated carbocycles. The third-order valence-electron chi connectivity index (χ3n) is 6.50. The molecule has 3 rings (SSSR count). The highest BCUT2D eigenvalue weighted by Crippen LogP contribution is 2.54. The summed E-state index contributed by atoms with van der Waals surface area (Å²) in [5.41, 5.74) is -0.638. The summed E-state index contributed by atoms with van der Waals surface area (Å²) in [6.07, 6.45) is 0. The summed E-state index contributed by atoms with van der Waals surface area (Å²) in [5, 5.41) is 23.8. The second kappa shape index (κ2) is 12.1. The Morgan fingerprint density at radius 3 is 2.16 bits per heavy atom. The van der Waals surface area contributed by atoms with Gasteiger partial charge in [0.15, 0.2) is 15.1 Å². The van der Waals surface area contributed by atoms with Crippen LogP contribution in [0.25, 0.3) is 0 Å². The molecule has 1 aliphatic rings. The summed E-state index contributed by atoms with van der Waals surface area (Å²) in [6, 6.07) is -0.992. The fourth-order valence-electron chi connectivity index (χ4n) is 4.13. The number of amides is 1. The fourth-order valence-corrected chi connectivity index (χ4v) is 9.19. The molecule has 4 atom stereocenters. The molecule has 1 fully saturated rings. The van der Waals surface area contributed by atoms with E-state index in [1.54, 1.807) is 23.7 Å². The third kappa shape index (κ3) is 6.10. The minimum absolute atomic E-state index is 0.187. The number of β-lactam (4-membered cyclic amide) rings is 1. The maximum absolute atomic E-state index is 14.0. The SMILES string of the molecule is C=C(CSc1nnnn1C)C(C(=O)OC)N1C(=O)C([C@](C)(O[SiH](C)C)C(C)(C)C)C1SSc1nnnn1C. The Bertz CT molecular complexity index is 1170. The van der Waals surface area contributed by atoms with Gasteiger partial charge in [-0.15, -0.1) is 10.2 Å². The number of esters is 1. The molecule has 2 aromatic heterocycles. The van der Waals surface area contributed by atoms with Crippen LogP contribution in [0.3, 0.4) is 0 Å². The molecule has 38 heavy (non-hydrogen) atoms. The molecule has 1 amide bonds. The van der Waals surface area contributed by atoms with E-state index in [1.165, 1.54) is 45.1 Å². The molecular formula is C21H35N9O4S3Si. The van der Waals surface area contributed by atoms with Crippen molar-refractivity contribution in [3.63, 3.8) is 0 Å². The second-order valence-corrected chi connectivity index (χ2v) is 15.9. The zero-order valence-electron chi connectivity index (χ0n) is 23.1. The lowest BCUT2D eigenvalue weighted by molar-refractivity contribution is -0.184. The van der Waals surface area contributed by atoms with Crippen LogP contribution in [0.15, 0.2) is 22.5 Å². The van der Waals surface area contributed by atoms with Crippen LogP contribution in [0.2, 0.25) is 13.1 Å². The maximum atomic E-state index is 14.0. The van der Waals surface area contributed by atoms with Crippen LogP contribution in [-0.4, -0.2) is 96.1 Å². The molecule has 0 bridgehead atoms. The predicted octanol–water partition coefficient (Wildman–Crippen LogP) is 1.95. The quantitative estimate of drug-likeness (QED) is 0.0874. The highest BCUT2D eigenvalue weighted by molar-refractivity contribution is 8.76. The van der Waals surface area contributed by atoms with Crippen LogP contribution in [-0.2, 0) is 32.8 Å². The molecule has 0 aromatic carbocycles. The largest absolute Gasteiger partial charge is 0.467 e. The molecule has 3 heterocycles. The van der Waals surface area contributed by atoms with Crippen molar-refractivity contribution >= 4 is 54.3 Å². The summed E-state index contributed by atoms with van der Waals surface area (Å²) in [4.78, 5) is 28.7. The number of likely N-dealkylation sites (tertiary alicyclic amines) is 1. The van der Waals surface area contributed by atoms with Crippen LogP contribution in [0.5, 0.6) is 0 Å². The number of rotatable bonds is 12. The maximum Gasteiger partial charge on any atom is 0.332 e. The van der Waals surface area contributed by atoms with Crippen molar-refractivity contribution in [2.24, 2.45) is 25.4 Å². The van der Waals surface area contributed by atoms with E-state index in [9.17, 15) is 9.59 Å². The molecule has 13 nitrogen and oxygen atoms in total. The predicted molar refractivity (Wildman–Crippen MR) is 149 cm³/mol. The lowest BCUT2D eigenvalue weighted by Crippen LogP contribution is -2.73. The summed E-state index contributed by atoms with van der Waals surface area (Å²) >= 11 is 1.33. The number of aryl methyl sites for hydroxylation is 2. The fraction of sp³-hybridized carbons (Fsp3) is 0.714. The number of tetrazole rings is 2. The van der Waals surface area contributed by atoms with Crippen LogP contribution >= 0.6 is 33.3 Å². The van der Waals surface area contributed by atoms with Gasteiger partial charge in [0.25, 0.3) is 0 Å². The molecule has 2 aromatic rings. The first kappa shape index (κ1) is 30.6. The first-order valence-electron chi connectivity index (χ1n) is 11.9. The smallest absolute Gasteiger partial charge is 0.332 e. The monoisotopic (exact) mass is 601 g/mol. The van der Waals surface area contributed by atoms with Gasteiger partial charge in [0, 0.05) is 19.8 Å². The molecule has 0 N–H and O–H groups in total. The van der Waals surface area contributed by atoms with Gasteiger partial charge < -0.3 is 14.1 Å². The Morgan fingerprint density at radius 2 is 1.68 bits per heavy atom. The van der Waals surface area contributed by atoms with Crippen molar-refractivity contribution in [2.75, 3.05) is 12.9 Å². The lowest BCUT2D eigenvalue weighted by atomic mass is 9.66. The third-order valence-corrected chi connectivity index (χ3v) is 11.2. The molecule has 210 valence electrons. The highest BCUT2D eigenvalue weighted by atomic mass is 33.1. The average Bonchev–Trinajstić information content (AvgIpc) is 3.43. The van der Waals surface area contributed by atoms with E-state index < -0.39 is 37.9 Å². The van der Waals surface area contributed by atoms with Gasteiger partial charge in [-0.1, -0.05) is 49.9 Å². The molecular weight excluding hydrogens is 567 g/mol. The van der Waals surface area contributed by atoms with Crippen molar-refractivity contribution in [2.45, 2.75) is 68.1 Å². The molecule has 1 aliphatic heterocycles. The number of carbonyl (C=O) groups is 2. The van der Waals surface area contributed by atoms with Crippen molar-refractivity contribution in [1.29, 1.82) is 0 Å². The van der Waals surface area contributed by atoms with Gasteiger partial charge in [0.05, 0.1) is 18.6 Å². The number of hydrogen-bond acceptors (Lipinski definition) is 13. The first-order chi connectivity index (χ1) is 17.7. The zero-order valence-corrected chi connectivity index (χ0v) is 26.7. The van der Waals surface area contributed by atoms with Gasteiger partial charge in [0.2, 0.25) is 16.2 Å². The van der Waals surface area contributed by atoms with Crippen molar-refractivity contribution < 1.29 is 18.8 Å². The van der Waals surface area contributed by atoms with Gasteiger partial charge in [-0.3, -0.25) is 4.79 Å². The second-order valence-electron chi connectivity index (χ2n) is 10.4. The minimum Gasteiger partial charge on any atom is -0.467 e. The number of carbonyl (C=O) groups excluding carboxylic acids is 2. The van der Waals surface area contributed by atoms with E-state index in [-0.39, 0.29) is 11.3 Å². The summed E-state index contributed by atoms with van der Waals surface area (Å²) in [5.74, 6) is -0.961. The Kier molecular flexibility index (Phi) is 9.70. The molecule has 17 heteroatoms. The Labute approximate surface area is 236 Å². The number of nitrogens with zero attached hydrogens (tertiary/aromatic N) is 9. The van der Waals surface area contributed by atoms with Crippen LogP contribution in [0.1, 0.15) is 27.7 Å². The van der Waals surface area contributed by atoms with Crippen LogP contribution in [0, 0.1) is 11.3 Å². The van der Waals surface area contributed by atoms with Crippen molar-refractivity contribution in [1.82, 2.24) is 45.3 Å². The number of hydrogen-bond donors (Lipinski definition) is 0. The number of methoxy groups -OCH3 is 1. The lowest BCUT2D eigenvalue weighted by Gasteiger charge is -2.59. The van der Waals surface area contributed by atoms with Crippen LogP contribution in [0.4, 0.5) is 0 Å². The summed E-state index contributed by atoms with van der Waals surface area (Å²) in [6.45, 7) is 16.6. The summed E-state index contributed by atoms with van der Waals surface area (Å²) in [7, 11) is 5.98. The van der Waals surface area contributed by atoms with Gasteiger partial charge in [-0.25, -0.2) is 14.2 Å². The normalized spacial score (nSPS) is 20.3. The number of ether oxygens (including phenoxy) is 1. The van der Waals surface area contributed by atoms with E-state index in [0.29, 0.717) is 21.6 Å². The molecule has 1 saturated heterocycles. The van der Waals surface area contributed by atoms with E-state index in [2.05, 4.69) is 71.5 Å². The van der Waals surface area contributed by atoms with Crippen molar-refractivity contribution in [3.05, 3.63) is 12.2 Å². The minimum atomic E-state index is -1.56. The van der Waals surface area contributed by atoms with E-state index in [4.69, 9.17) is 9.16 Å². The molecule has 0 radical (unpaired) electrons. The molecule has 0 spiro atoms. The topological polar surface area (TPSA) is 143 Å². The number of aromatic nitrogens is 8. The van der Waals surface area contributed by atoms with E-state index >= 15 is 0 Å². The Balaban J connectivity index is 1.97. The van der Waals surface area contributed by atoms with Gasteiger partial charge >= 0.3 is 5.97 Å². The zero-order chi connectivity index (χ0) is 28.4. The standard InChI is InChI=1S/C21H35N9O4S3Si/c1-12(11-35-18-22-24-26-28(18)6)14(17(32)33-8)30-15(31)13(21(5,20(2,3)4)34-38(9)10)16(30)36-37-19-23-25-27-29(19)7/h13-14,16,38H,1,11H2,2-10H3/t13?,14?,16?,21-/m0/s1. The Hall–Kier alpha value is -1.95. The van der Waals surface area contributed by atoms with Gasteiger partial charge in [-0.2, -0.15) is 0 Å².